The predicted molar refractivity (Wildman–Crippen MR) is 83.1 cm³/mol. The molecule has 6 heteroatoms. The molecule has 0 aliphatic carbocycles. The molecule has 0 aliphatic heterocycles. The Morgan fingerprint density at radius 2 is 2.05 bits per heavy atom. The summed E-state index contributed by atoms with van der Waals surface area (Å²) >= 11 is 1.25. The second-order valence-corrected chi connectivity index (χ2v) is 6.51. The first-order valence-electron chi connectivity index (χ1n) is 6.60. The molecule has 0 aromatic carbocycles. The Labute approximate surface area is 128 Å². The smallest absolute Gasteiger partial charge is 0.261 e. The van der Waals surface area contributed by atoms with Gasteiger partial charge in [-0.3, -0.25) is 9.59 Å². The minimum atomic E-state index is -0.269. The van der Waals surface area contributed by atoms with Gasteiger partial charge in [0.05, 0.1) is 9.75 Å². The van der Waals surface area contributed by atoms with Crippen molar-refractivity contribution in [3.63, 3.8) is 0 Å². The fourth-order valence-electron chi connectivity index (χ4n) is 1.51. The van der Waals surface area contributed by atoms with Crippen molar-refractivity contribution in [2.75, 3.05) is 13.2 Å². The highest BCUT2D eigenvalue weighted by atomic mass is 32.1. The van der Waals surface area contributed by atoms with E-state index in [1.165, 1.54) is 11.3 Å². The van der Waals surface area contributed by atoms with E-state index >= 15 is 0 Å². The number of carbonyl (C=O) groups excluding carboxylic acids is 2. The van der Waals surface area contributed by atoms with E-state index in [9.17, 15) is 9.59 Å². The molecule has 1 rings (SSSR count). The van der Waals surface area contributed by atoms with Crippen LogP contribution in [0.2, 0.25) is 0 Å². The van der Waals surface area contributed by atoms with Crippen LogP contribution in [0.25, 0.3) is 0 Å². The van der Waals surface area contributed by atoms with Crippen molar-refractivity contribution in [2.24, 2.45) is 0 Å². The van der Waals surface area contributed by atoms with E-state index in [0.717, 1.165) is 4.88 Å². The number of nitrogens with one attached hydrogen (secondary N) is 2. The number of carbonyl (C=O) groups is 2. The standard InChI is InChI=1S/C15H20N2O3S/c1-15(2,3)17-13(19)8-9-16-14(20)12-7-6-11(21-12)5-4-10-18/h6-7,18H,8-10H2,1-3H3,(H,16,20)(H,17,19). The van der Waals surface area contributed by atoms with E-state index in [2.05, 4.69) is 22.5 Å². The van der Waals surface area contributed by atoms with Crippen LogP contribution in [0.5, 0.6) is 0 Å². The van der Waals surface area contributed by atoms with Crippen LogP contribution in [-0.2, 0) is 4.79 Å². The summed E-state index contributed by atoms with van der Waals surface area (Å²) in [5, 5.41) is 14.1. The Morgan fingerprint density at radius 3 is 2.67 bits per heavy atom. The van der Waals surface area contributed by atoms with Gasteiger partial charge in [-0.2, -0.15) is 0 Å². The Kier molecular flexibility index (Phi) is 6.40. The SMILES string of the molecule is CC(C)(C)NC(=O)CCNC(=O)c1ccc(C#CCO)s1. The Hall–Kier alpha value is -1.84. The average Bonchev–Trinajstić information content (AvgIpc) is 2.82. The fraction of sp³-hybridized carbons (Fsp3) is 0.467. The highest BCUT2D eigenvalue weighted by molar-refractivity contribution is 7.14. The number of hydrogen-bond acceptors (Lipinski definition) is 4. The molecule has 0 bridgehead atoms. The van der Waals surface area contributed by atoms with E-state index in [0.29, 0.717) is 4.88 Å². The zero-order chi connectivity index (χ0) is 15.9. The summed E-state index contributed by atoms with van der Waals surface area (Å²) in [6.45, 7) is 5.80. The lowest BCUT2D eigenvalue weighted by molar-refractivity contribution is -0.122. The van der Waals surface area contributed by atoms with E-state index in [-0.39, 0.29) is 36.9 Å². The minimum Gasteiger partial charge on any atom is -0.384 e. The number of aliphatic hydroxyl groups excluding tert-OH is 1. The van der Waals surface area contributed by atoms with E-state index in [1.54, 1.807) is 12.1 Å². The van der Waals surface area contributed by atoms with Crippen LogP contribution in [0.3, 0.4) is 0 Å². The maximum absolute atomic E-state index is 11.9. The van der Waals surface area contributed by atoms with Gasteiger partial charge in [-0.15, -0.1) is 11.3 Å². The van der Waals surface area contributed by atoms with Crippen molar-refractivity contribution in [1.29, 1.82) is 0 Å². The molecule has 0 radical (unpaired) electrons. The van der Waals surface area contributed by atoms with E-state index in [1.807, 2.05) is 20.8 Å². The fourth-order valence-corrected chi connectivity index (χ4v) is 2.31. The normalized spacial score (nSPS) is 10.5. The van der Waals surface area contributed by atoms with Crippen molar-refractivity contribution >= 4 is 23.2 Å². The molecule has 3 N–H and O–H groups in total. The largest absolute Gasteiger partial charge is 0.384 e. The van der Waals surface area contributed by atoms with Crippen molar-refractivity contribution in [2.45, 2.75) is 32.7 Å². The number of amides is 2. The van der Waals surface area contributed by atoms with Gasteiger partial charge in [-0.05, 0) is 32.9 Å². The minimum absolute atomic E-state index is 0.0940. The van der Waals surface area contributed by atoms with Crippen molar-refractivity contribution in [1.82, 2.24) is 10.6 Å². The molecule has 114 valence electrons. The molecule has 0 saturated heterocycles. The first-order chi connectivity index (χ1) is 9.81. The van der Waals surface area contributed by atoms with Gasteiger partial charge in [0.25, 0.3) is 5.91 Å². The summed E-state index contributed by atoms with van der Waals surface area (Å²) in [6, 6.07) is 3.41. The first-order valence-corrected chi connectivity index (χ1v) is 7.42. The van der Waals surface area contributed by atoms with Gasteiger partial charge in [-0.1, -0.05) is 11.8 Å². The maximum Gasteiger partial charge on any atom is 0.261 e. The monoisotopic (exact) mass is 308 g/mol. The Balaban J connectivity index is 2.40. The first kappa shape index (κ1) is 17.2. The van der Waals surface area contributed by atoms with Gasteiger partial charge >= 0.3 is 0 Å². The quantitative estimate of drug-likeness (QED) is 0.730. The molecular formula is C15H20N2O3S. The van der Waals surface area contributed by atoms with E-state index < -0.39 is 0 Å². The van der Waals surface area contributed by atoms with Crippen LogP contribution in [0, 0.1) is 11.8 Å². The molecule has 0 fully saturated rings. The maximum atomic E-state index is 11.9. The number of rotatable bonds is 4. The number of aliphatic hydroxyl groups is 1. The molecule has 1 heterocycles. The summed E-state index contributed by atoms with van der Waals surface area (Å²) < 4.78 is 0. The third-order valence-electron chi connectivity index (χ3n) is 2.27. The van der Waals surface area contributed by atoms with Gasteiger partial charge in [0.2, 0.25) is 5.91 Å². The summed E-state index contributed by atoms with van der Waals surface area (Å²) in [4.78, 5) is 24.7. The van der Waals surface area contributed by atoms with Crippen LogP contribution < -0.4 is 10.6 Å². The zero-order valence-electron chi connectivity index (χ0n) is 12.4. The van der Waals surface area contributed by atoms with Crippen LogP contribution in [0.1, 0.15) is 41.7 Å². The number of thiophene rings is 1. The molecule has 0 atom stereocenters. The molecule has 21 heavy (non-hydrogen) atoms. The molecule has 2 amide bonds. The summed E-state index contributed by atoms with van der Waals surface area (Å²) in [7, 11) is 0. The molecule has 0 unspecified atom stereocenters. The molecule has 0 saturated carbocycles. The van der Waals surface area contributed by atoms with E-state index in [4.69, 9.17) is 5.11 Å². The van der Waals surface area contributed by atoms with Gasteiger partial charge in [0, 0.05) is 18.5 Å². The van der Waals surface area contributed by atoms with Gasteiger partial charge in [-0.25, -0.2) is 0 Å². The summed E-state index contributed by atoms with van der Waals surface area (Å²) in [5.74, 6) is 4.96. The van der Waals surface area contributed by atoms with Gasteiger partial charge < -0.3 is 15.7 Å². The highest BCUT2D eigenvalue weighted by Gasteiger charge is 2.14. The van der Waals surface area contributed by atoms with Crippen molar-refractivity contribution < 1.29 is 14.7 Å². The lowest BCUT2D eigenvalue weighted by Crippen LogP contribution is -2.41. The third kappa shape index (κ3) is 6.93. The number of hydrogen-bond donors (Lipinski definition) is 3. The van der Waals surface area contributed by atoms with Crippen LogP contribution in [0.15, 0.2) is 12.1 Å². The van der Waals surface area contributed by atoms with Crippen LogP contribution >= 0.6 is 11.3 Å². The van der Waals surface area contributed by atoms with Gasteiger partial charge in [0.15, 0.2) is 0 Å². The predicted octanol–water partition coefficient (Wildman–Crippen LogP) is 1.13. The topological polar surface area (TPSA) is 78.4 Å². The Morgan fingerprint density at radius 1 is 1.33 bits per heavy atom. The third-order valence-corrected chi connectivity index (χ3v) is 3.27. The molecule has 1 aromatic rings. The average molecular weight is 308 g/mol. The Bertz CT molecular complexity index is 561. The van der Waals surface area contributed by atoms with Crippen molar-refractivity contribution in [3.05, 3.63) is 21.9 Å². The van der Waals surface area contributed by atoms with Crippen LogP contribution in [0.4, 0.5) is 0 Å². The molecular weight excluding hydrogens is 288 g/mol. The molecule has 5 nitrogen and oxygen atoms in total. The second-order valence-electron chi connectivity index (χ2n) is 5.43. The molecule has 0 spiro atoms. The highest BCUT2D eigenvalue weighted by Crippen LogP contribution is 2.15. The van der Waals surface area contributed by atoms with Gasteiger partial charge in [0.1, 0.15) is 6.61 Å². The molecule has 0 aliphatic rings. The zero-order valence-corrected chi connectivity index (χ0v) is 13.3. The van der Waals surface area contributed by atoms with Crippen LogP contribution in [-0.4, -0.2) is 35.6 Å². The van der Waals surface area contributed by atoms with Crippen molar-refractivity contribution in [3.8, 4) is 11.8 Å². The lowest BCUT2D eigenvalue weighted by Gasteiger charge is -2.20. The molecule has 1 aromatic heterocycles. The summed E-state index contributed by atoms with van der Waals surface area (Å²) in [6.07, 6.45) is 0.242. The summed E-state index contributed by atoms with van der Waals surface area (Å²) in [5.41, 5.74) is -0.269. The lowest BCUT2D eigenvalue weighted by atomic mass is 10.1. The second kappa shape index (κ2) is 7.81.